The van der Waals surface area contributed by atoms with Crippen molar-refractivity contribution in [1.29, 1.82) is 0 Å². The molecule has 6 heterocycles. The summed E-state index contributed by atoms with van der Waals surface area (Å²) in [4.78, 5) is 106. The highest BCUT2D eigenvalue weighted by Gasteiger charge is 2.47. The number of ketones is 3. The van der Waals surface area contributed by atoms with E-state index in [0.717, 1.165) is 0 Å². The summed E-state index contributed by atoms with van der Waals surface area (Å²) in [5.74, 6) is -1.92. The molecule has 0 aromatic heterocycles. The van der Waals surface area contributed by atoms with Crippen LogP contribution >= 0.6 is 15.6 Å². The molecule has 8 unspecified atom stereocenters. The number of hydrogen-bond acceptors (Lipinski definition) is 27. The van der Waals surface area contributed by atoms with Crippen LogP contribution in [0.3, 0.4) is 0 Å². The predicted molar refractivity (Wildman–Crippen MR) is 353 cm³/mol. The minimum Gasteiger partial charge on any atom is -0.394 e. The first-order chi connectivity index (χ1) is 47.5. The number of aliphatic hydroxyl groups excluding tert-OH is 8. The Bertz CT molecular complexity index is 2630. The maximum absolute atomic E-state index is 14.0. The standard InChI is InChI=1S/C66H115N3O29P2/c1-40-41(2)54(34-70)94-64(42(40)3)89-25-13-19-48(73)16-7-10-22-57(77)67-31-51(76)28-45(67)38-92-99(84,85)98-53-30-47(69(33-53)59(79)24-12-9-18-50(75)21-15-27-91-66-44(5)61(81)63(83)56(36-72)96-66)39-93-100(86,87)97-52-29-46(37-88-6)68(32-52)58(78)23-11-8-17-49(74)20-14-26-90-65-43(4)60(80)62(82)55(35-71)95-65/h40-47,51-56,60-66,70-72,76,80-83H,7-39H2,1-6H3,(H,84,85)(H,86,87)/t40-,41+,42?,43?,44?,45-,46-,47-,51+,52+,53+,54?,55?,56?,60+,61+,62-,63-,64+,65+,66+/m0/s1. The fourth-order valence-electron chi connectivity index (χ4n) is 13.9. The molecule has 32 nitrogen and oxygen atoms in total. The quantitative estimate of drug-likeness (QED) is 0.0309. The number of rotatable bonds is 45. The minimum absolute atomic E-state index is 0.00945. The van der Waals surface area contributed by atoms with Crippen molar-refractivity contribution in [2.45, 2.75) is 267 Å². The number of carbonyl (C=O) groups is 6. The summed E-state index contributed by atoms with van der Waals surface area (Å²) in [5, 5.41) is 80.2. The zero-order valence-corrected chi connectivity index (χ0v) is 60.7. The molecule has 34 heteroatoms. The first-order valence-corrected chi connectivity index (χ1v) is 38.8. The number of aliphatic hydroxyl groups is 8. The van der Waals surface area contributed by atoms with Gasteiger partial charge in [0.15, 0.2) is 18.9 Å². The van der Waals surface area contributed by atoms with Crippen LogP contribution in [0.5, 0.6) is 0 Å². The van der Waals surface area contributed by atoms with E-state index >= 15 is 0 Å². The van der Waals surface area contributed by atoms with Crippen molar-refractivity contribution in [2.24, 2.45) is 29.6 Å². The molecular formula is C66H115N3O29P2. The van der Waals surface area contributed by atoms with Gasteiger partial charge in [0, 0.05) is 102 Å². The van der Waals surface area contributed by atoms with Gasteiger partial charge in [0.05, 0.1) is 114 Å². The molecule has 6 saturated heterocycles. The fraction of sp³-hybridized carbons (Fsp3) is 0.909. The molecule has 100 heavy (non-hydrogen) atoms. The molecule has 0 spiro atoms. The Labute approximate surface area is 586 Å². The molecule has 0 aliphatic carbocycles. The largest absolute Gasteiger partial charge is 0.472 e. The van der Waals surface area contributed by atoms with E-state index in [4.69, 9.17) is 51.3 Å². The van der Waals surface area contributed by atoms with Crippen molar-refractivity contribution < 1.29 is 140 Å². The fourth-order valence-corrected chi connectivity index (χ4v) is 15.8. The summed E-state index contributed by atoms with van der Waals surface area (Å²) in [7, 11) is -8.51. The summed E-state index contributed by atoms with van der Waals surface area (Å²) < 4.78 is 89.5. The van der Waals surface area contributed by atoms with Gasteiger partial charge in [-0.1, -0.05) is 34.6 Å². The van der Waals surface area contributed by atoms with Crippen molar-refractivity contribution in [2.75, 3.05) is 86.2 Å². The van der Waals surface area contributed by atoms with Gasteiger partial charge in [-0.3, -0.25) is 46.9 Å². The third-order valence-corrected chi connectivity index (χ3v) is 22.4. The van der Waals surface area contributed by atoms with E-state index in [1.807, 2.05) is 13.8 Å². The number of methoxy groups -OCH3 is 1. The lowest BCUT2D eigenvalue weighted by Gasteiger charge is -2.42. The molecule has 23 atom stereocenters. The van der Waals surface area contributed by atoms with Gasteiger partial charge in [0.1, 0.15) is 41.8 Å². The normalized spacial score (nSPS) is 33.8. The minimum atomic E-state index is -4.98. The van der Waals surface area contributed by atoms with Crippen molar-refractivity contribution in [3.63, 3.8) is 0 Å². The second-order valence-corrected chi connectivity index (χ2v) is 30.8. The van der Waals surface area contributed by atoms with Crippen LogP contribution in [-0.2, 0) is 89.2 Å². The first-order valence-electron chi connectivity index (χ1n) is 35.8. The molecular weight excluding hydrogens is 1360 g/mol. The van der Waals surface area contributed by atoms with Gasteiger partial charge < -0.3 is 98.5 Å². The van der Waals surface area contributed by atoms with Gasteiger partial charge in [-0.2, -0.15) is 0 Å². The van der Waals surface area contributed by atoms with Crippen LogP contribution < -0.4 is 0 Å². The summed E-state index contributed by atoms with van der Waals surface area (Å²) in [5.41, 5.74) is 0. The molecule has 3 amide bonds. The zero-order chi connectivity index (χ0) is 73.4. The van der Waals surface area contributed by atoms with Gasteiger partial charge in [0.25, 0.3) is 0 Å². The van der Waals surface area contributed by atoms with Crippen LogP contribution in [0.4, 0.5) is 0 Å². The van der Waals surface area contributed by atoms with E-state index in [9.17, 15) is 88.5 Å². The molecule has 0 saturated carbocycles. The predicted octanol–water partition coefficient (Wildman–Crippen LogP) is 2.36. The Balaban J connectivity index is 0.959. The van der Waals surface area contributed by atoms with Gasteiger partial charge in [-0.15, -0.1) is 0 Å². The number of unbranched alkanes of at least 4 members (excludes halogenated alkanes) is 3. The molecule has 0 radical (unpaired) electrons. The van der Waals surface area contributed by atoms with E-state index in [2.05, 4.69) is 6.92 Å². The maximum atomic E-state index is 14.0. The van der Waals surface area contributed by atoms with Crippen molar-refractivity contribution in [3.05, 3.63) is 0 Å². The highest BCUT2D eigenvalue weighted by Crippen LogP contribution is 2.50. The van der Waals surface area contributed by atoms with Gasteiger partial charge >= 0.3 is 15.6 Å². The molecule has 0 aromatic rings. The van der Waals surface area contributed by atoms with E-state index in [1.165, 1.54) is 21.8 Å². The Kier molecular flexibility index (Phi) is 36.4. The lowest BCUT2D eigenvalue weighted by molar-refractivity contribution is -0.282. The van der Waals surface area contributed by atoms with Crippen LogP contribution in [0.1, 0.15) is 169 Å². The first kappa shape index (κ1) is 86.0. The summed E-state index contributed by atoms with van der Waals surface area (Å²) in [6, 6.07) is -2.38. The Morgan fingerprint density at radius 1 is 0.410 bits per heavy atom. The number of nitrogens with zero attached hydrogens (tertiary/aromatic N) is 3. The summed E-state index contributed by atoms with van der Waals surface area (Å²) in [6.45, 7) is 7.35. The molecule has 0 bridgehead atoms. The molecule has 6 aliphatic rings. The summed E-state index contributed by atoms with van der Waals surface area (Å²) >= 11 is 0. The van der Waals surface area contributed by atoms with Crippen LogP contribution in [0.15, 0.2) is 0 Å². The van der Waals surface area contributed by atoms with Gasteiger partial charge in [0.2, 0.25) is 17.7 Å². The number of Topliss-reactive ketones (excluding diaryl/α,β-unsaturated/α-hetero) is 3. The Morgan fingerprint density at radius 3 is 1.12 bits per heavy atom. The SMILES string of the molecule is COC[C@@H]1C[C@@H](OP(=O)(O)OC[C@@H]2C[C@@H](OP(=O)(O)OC[C@@H]3C[C@@H](O)CN3C(=O)CCCCC(=O)CCCO[C@@H]3OC(CO)[C@H](C)[C@H](C)C3C)CN2C(=O)CCCCC(=O)CCCO[C@@H]2OC(CO)[C@H](O)[C@H](O)C2C)CN1C(=O)CCCCC(=O)CCCO[C@@H]1OC(CO)[C@H](O)[C@H](O)C1C. The molecule has 10 N–H and O–H groups in total. The molecule has 6 fully saturated rings. The second-order valence-electron chi connectivity index (χ2n) is 28.0. The van der Waals surface area contributed by atoms with Crippen molar-refractivity contribution >= 4 is 50.7 Å². The highest BCUT2D eigenvalue weighted by atomic mass is 31.2. The van der Waals surface area contributed by atoms with Gasteiger partial charge in [-0.05, 0) is 88.9 Å². The number of likely N-dealkylation sites (tertiary alicyclic amines) is 3. The number of ether oxygens (including phenoxy) is 7. The van der Waals surface area contributed by atoms with Crippen molar-refractivity contribution in [3.8, 4) is 0 Å². The monoisotopic (exact) mass is 1480 g/mol. The molecule has 6 rings (SSSR count). The number of β-amino-alcohol motifs (C(OH)–C–C–N with tert-alkyl or cyclic N) is 1. The Hall–Kier alpha value is -2.96. The number of amides is 3. The van der Waals surface area contributed by atoms with Crippen LogP contribution in [0.2, 0.25) is 0 Å². The second kappa shape index (κ2) is 42.4. The van der Waals surface area contributed by atoms with Crippen LogP contribution in [-0.4, -0.2) is 285 Å². The molecule has 0 aromatic carbocycles. The number of hydrogen-bond donors (Lipinski definition) is 10. The summed E-state index contributed by atoms with van der Waals surface area (Å²) in [6.07, 6.45) is -8.35. The lowest BCUT2D eigenvalue weighted by Crippen LogP contribution is -2.55. The average Bonchev–Trinajstić information content (AvgIpc) is 1.45. The van der Waals surface area contributed by atoms with Crippen LogP contribution in [0.25, 0.3) is 0 Å². The van der Waals surface area contributed by atoms with Crippen molar-refractivity contribution in [1.82, 2.24) is 14.7 Å². The average molecular weight is 1480 g/mol. The topological polar surface area (TPSA) is 450 Å². The molecule has 6 aliphatic heterocycles. The zero-order valence-electron chi connectivity index (χ0n) is 58.9. The highest BCUT2D eigenvalue weighted by molar-refractivity contribution is 7.47. The van der Waals surface area contributed by atoms with E-state index in [0.29, 0.717) is 58.0 Å². The molecule has 578 valence electrons. The van der Waals surface area contributed by atoms with Crippen LogP contribution in [0, 0.1) is 29.6 Å². The third kappa shape index (κ3) is 26.5. The number of phosphoric ester groups is 2. The number of carbonyl (C=O) groups excluding carboxylic acids is 6. The maximum Gasteiger partial charge on any atom is 0.472 e. The van der Waals surface area contributed by atoms with E-state index < -0.39 is 152 Å². The smallest absolute Gasteiger partial charge is 0.394 e. The van der Waals surface area contributed by atoms with Gasteiger partial charge in [-0.25, -0.2) is 9.13 Å². The van der Waals surface area contributed by atoms with E-state index in [1.54, 1.807) is 13.8 Å². The third-order valence-electron chi connectivity index (χ3n) is 20.4. The van der Waals surface area contributed by atoms with E-state index in [-0.39, 0.29) is 183 Å². The lowest BCUT2D eigenvalue weighted by atomic mass is 9.79. The number of phosphoric acid groups is 2. The Morgan fingerprint density at radius 2 is 0.740 bits per heavy atom.